The Labute approximate surface area is 141 Å². The van der Waals surface area contributed by atoms with E-state index in [1.54, 1.807) is 30.5 Å². The maximum Gasteiger partial charge on any atom is 0.175 e. The molecule has 6 heteroatoms. The number of rotatable bonds is 5. The van der Waals surface area contributed by atoms with Crippen LogP contribution in [0.3, 0.4) is 0 Å². The second-order valence-electron chi connectivity index (χ2n) is 5.58. The first-order valence-electron chi connectivity index (χ1n) is 7.48. The average Bonchev–Trinajstić information content (AvgIpc) is 2.98. The van der Waals surface area contributed by atoms with E-state index in [4.69, 9.17) is 4.42 Å². The molecule has 0 aliphatic heterocycles. The van der Waals surface area contributed by atoms with Crippen LogP contribution < -0.4 is 5.32 Å². The van der Waals surface area contributed by atoms with Crippen LogP contribution in [0.25, 0.3) is 11.3 Å². The van der Waals surface area contributed by atoms with E-state index in [1.807, 2.05) is 31.2 Å². The summed E-state index contributed by atoms with van der Waals surface area (Å²) in [5.74, 6) is 1.61. The highest BCUT2D eigenvalue weighted by molar-refractivity contribution is 7.90. The quantitative estimate of drug-likeness (QED) is 0.766. The van der Waals surface area contributed by atoms with Gasteiger partial charge in [0.2, 0.25) is 0 Å². The molecule has 2 heterocycles. The van der Waals surface area contributed by atoms with Crippen LogP contribution in [0.15, 0.2) is 64.1 Å². The normalized spacial score (nSPS) is 11.4. The fourth-order valence-corrected chi connectivity index (χ4v) is 2.95. The monoisotopic (exact) mass is 342 g/mol. The van der Waals surface area contributed by atoms with Crippen LogP contribution in [-0.4, -0.2) is 19.7 Å². The molecule has 5 nitrogen and oxygen atoms in total. The molecular weight excluding hydrogens is 324 g/mol. The molecule has 3 rings (SSSR count). The number of anilines is 1. The number of hydrogen-bond acceptors (Lipinski definition) is 5. The third kappa shape index (κ3) is 3.65. The Kier molecular flexibility index (Phi) is 4.40. The van der Waals surface area contributed by atoms with Gasteiger partial charge in [0, 0.05) is 11.8 Å². The molecule has 1 aromatic carbocycles. The summed E-state index contributed by atoms with van der Waals surface area (Å²) in [6.07, 6.45) is 2.86. The van der Waals surface area contributed by atoms with Gasteiger partial charge < -0.3 is 9.73 Å². The molecule has 0 fully saturated rings. The summed E-state index contributed by atoms with van der Waals surface area (Å²) < 4.78 is 28.4. The molecule has 0 bridgehead atoms. The molecule has 0 unspecified atom stereocenters. The van der Waals surface area contributed by atoms with Crippen LogP contribution in [0.5, 0.6) is 0 Å². The molecule has 0 aliphatic carbocycles. The summed E-state index contributed by atoms with van der Waals surface area (Å²) in [5.41, 5.74) is 2.73. The fraction of sp³-hybridized carbons (Fsp3) is 0.167. The van der Waals surface area contributed by atoms with Crippen molar-refractivity contribution in [1.29, 1.82) is 0 Å². The first kappa shape index (κ1) is 16.3. The van der Waals surface area contributed by atoms with Gasteiger partial charge in [0.15, 0.2) is 9.84 Å². The minimum absolute atomic E-state index is 0.300. The van der Waals surface area contributed by atoms with E-state index in [0.717, 1.165) is 28.4 Å². The summed E-state index contributed by atoms with van der Waals surface area (Å²) in [5, 5.41) is 3.23. The zero-order valence-electron chi connectivity index (χ0n) is 13.5. The van der Waals surface area contributed by atoms with Crippen LogP contribution in [-0.2, 0) is 16.4 Å². The maximum atomic E-state index is 11.5. The fourth-order valence-electron chi connectivity index (χ4n) is 2.32. The lowest BCUT2D eigenvalue weighted by Crippen LogP contribution is -2.02. The van der Waals surface area contributed by atoms with Crippen LogP contribution in [0.2, 0.25) is 0 Å². The summed E-state index contributed by atoms with van der Waals surface area (Å²) >= 11 is 0. The van der Waals surface area contributed by atoms with E-state index in [-0.39, 0.29) is 0 Å². The predicted molar refractivity (Wildman–Crippen MR) is 93.6 cm³/mol. The maximum absolute atomic E-state index is 11.5. The first-order valence-corrected chi connectivity index (χ1v) is 9.37. The van der Waals surface area contributed by atoms with E-state index in [1.165, 1.54) is 6.26 Å². The lowest BCUT2D eigenvalue weighted by molar-refractivity contribution is 0.515. The topological polar surface area (TPSA) is 72.2 Å². The highest BCUT2D eigenvalue weighted by Crippen LogP contribution is 2.21. The average molecular weight is 342 g/mol. The Balaban J connectivity index is 1.79. The van der Waals surface area contributed by atoms with Gasteiger partial charge in [0.05, 0.1) is 23.4 Å². The van der Waals surface area contributed by atoms with Crippen molar-refractivity contribution in [3.8, 4) is 11.3 Å². The molecule has 1 N–H and O–H groups in total. The van der Waals surface area contributed by atoms with E-state index < -0.39 is 9.84 Å². The highest BCUT2D eigenvalue weighted by atomic mass is 32.2. The van der Waals surface area contributed by atoms with Crippen molar-refractivity contribution >= 4 is 15.7 Å². The molecular formula is C18H18N2O3S. The van der Waals surface area contributed by atoms with Crippen molar-refractivity contribution in [3.63, 3.8) is 0 Å². The van der Waals surface area contributed by atoms with E-state index in [0.29, 0.717) is 11.4 Å². The number of furan rings is 1. The lowest BCUT2D eigenvalue weighted by Gasteiger charge is -2.07. The molecule has 0 radical (unpaired) electrons. The Morgan fingerprint density at radius 1 is 1.08 bits per heavy atom. The van der Waals surface area contributed by atoms with E-state index >= 15 is 0 Å². The summed E-state index contributed by atoms with van der Waals surface area (Å²) in [6.45, 7) is 2.55. The standard InChI is InChI=1S/C18H18N2O3S/c1-13-10-11-23-17(13)12-19-18-5-3-4-16(20-18)14-6-8-15(9-7-14)24(2,21)22/h3-11H,12H2,1-2H3,(H,19,20). The zero-order chi connectivity index (χ0) is 17.2. The Morgan fingerprint density at radius 3 is 2.46 bits per heavy atom. The van der Waals surface area contributed by atoms with Crippen LogP contribution in [0, 0.1) is 6.92 Å². The van der Waals surface area contributed by atoms with E-state index in [9.17, 15) is 8.42 Å². The smallest absolute Gasteiger partial charge is 0.175 e. The van der Waals surface area contributed by atoms with E-state index in [2.05, 4.69) is 10.3 Å². The van der Waals surface area contributed by atoms with Crippen molar-refractivity contribution in [2.24, 2.45) is 0 Å². The largest absolute Gasteiger partial charge is 0.467 e. The van der Waals surface area contributed by atoms with Gasteiger partial charge in [-0.1, -0.05) is 18.2 Å². The number of sulfone groups is 1. The van der Waals surface area contributed by atoms with Gasteiger partial charge in [-0.15, -0.1) is 0 Å². The number of aromatic nitrogens is 1. The Hall–Kier alpha value is -2.60. The molecule has 3 aromatic rings. The van der Waals surface area contributed by atoms with Gasteiger partial charge in [0.25, 0.3) is 0 Å². The molecule has 0 amide bonds. The van der Waals surface area contributed by atoms with Crippen LogP contribution in [0.4, 0.5) is 5.82 Å². The van der Waals surface area contributed by atoms with Crippen molar-refractivity contribution in [1.82, 2.24) is 4.98 Å². The number of hydrogen-bond donors (Lipinski definition) is 1. The Morgan fingerprint density at radius 2 is 1.83 bits per heavy atom. The van der Waals surface area contributed by atoms with Crippen LogP contribution in [0.1, 0.15) is 11.3 Å². The summed E-state index contributed by atoms with van der Waals surface area (Å²) in [6, 6.07) is 14.3. The summed E-state index contributed by atoms with van der Waals surface area (Å²) in [4.78, 5) is 4.86. The van der Waals surface area contributed by atoms with Gasteiger partial charge >= 0.3 is 0 Å². The molecule has 0 spiro atoms. The molecule has 0 saturated carbocycles. The van der Waals surface area contributed by atoms with Crippen molar-refractivity contribution in [3.05, 3.63) is 66.1 Å². The molecule has 0 aliphatic rings. The highest BCUT2D eigenvalue weighted by Gasteiger charge is 2.08. The molecule has 24 heavy (non-hydrogen) atoms. The van der Waals surface area contributed by atoms with Crippen LogP contribution >= 0.6 is 0 Å². The molecule has 2 aromatic heterocycles. The third-order valence-corrected chi connectivity index (χ3v) is 4.85. The number of pyridine rings is 1. The summed E-state index contributed by atoms with van der Waals surface area (Å²) in [7, 11) is -3.19. The number of nitrogens with zero attached hydrogens (tertiary/aromatic N) is 1. The number of aryl methyl sites for hydroxylation is 1. The Bertz CT molecular complexity index is 944. The van der Waals surface area contributed by atoms with Gasteiger partial charge in [-0.3, -0.25) is 0 Å². The minimum atomic E-state index is -3.19. The molecule has 0 saturated heterocycles. The van der Waals surface area contributed by atoms with Crippen molar-refractivity contribution < 1.29 is 12.8 Å². The molecule has 124 valence electrons. The SMILES string of the molecule is Cc1ccoc1CNc1cccc(-c2ccc(S(C)(=O)=O)cc2)n1. The first-order chi connectivity index (χ1) is 11.4. The second-order valence-corrected chi connectivity index (χ2v) is 7.60. The second kappa shape index (κ2) is 6.49. The van der Waals surface area contributed by atoms with Gasteiger partial charge in [-0.25, -0.2) is 13.4 Å². The van der Waals surface area contributed by atoms with Crippen molar-refractivity contribution in [2.45, 2.75) is 18.4 Å². The number of nitrogens with one attached hydrogen (secondary N) is 1. The van der Waals surface area contributed by atoms with Gasteiger partial charge in [0.1, 0.15) is 11.6 Å². The van der Waals surface area contributed by atoms with Crippen molar-refractivity contribution in [2.75, 3.05) is 11.6 Å². The zero-order valence-corrected chi connectivity index (χ0v) is 14.3. The minimum Gasteiger partial charge on any atom is -0.467 e. The number of benzene rings is 1. The van der Waals surface area contributed by atoms with Gasteiger partial charge in [-0.2, -0.15) is 0 Å². The molecule has 0 atom stereocenters. The lowest BCUT2D eigenvalue weighted by atomic mass is 10.1. The van der Waals surface area contributed by atoms with Gasteiger partial charge in [-0.05, 0) is 42.8 Å². The predicted octanol–water partition coefficient (Wildman–Crippen LogP) is 3.67. The third-order valence-electron chi connectivity index (χ3n) is 3.73.